The third-order valence-corrected chi connectivity index (χ3v) is 4.38. The number of nitrogens with zero attached hydrogens (tertiary/aromatic N) is 1. The van der Waals surface area contributed by atoms with Crippen molar-refractivity contribution < 1.29 is 9.53 Å². The Kier molecular flexibility index (Phi) is 2.06. The van der Waals surface area contributed by atoms with Crippen molar-refractivity contribution in [1.82, 2.24) is 4.90 Å². The maximum Gasteiger partial charge on any atom is 0.225 e. The molecule has 0 aromatic carbocycles. The summed E-state index contributed by atoms with van der Waals surface area (Å²) in [5, 5.41) is 0. The first kappa shape index (κ1) is 9.64. The average molecular weight is 209 g/mol. The van der Waals surface area contributed by atoms with Crippen LogP contribution in [0.25, 0.3) is 0 Å². The van der Waals surface area contributed by atoms with Gasteiger partial charge in [0.25, 0.3) is 0 Å². The zero-order valence-electron chi connectivity index (χ0n) is 9.37. The molecule has 84 valence electrons. The lowest BCUT2D eigenvalue weighted by Crippen LogP contribution is -2.52. The number of carbonyl (C=O) groups is 1. The van der Waals surface area contributed by atoms with Crippen LogP contribution in [0.15, 0.2) is 0 Å². The van der Waals surface area contributed by atoms with Gasteiger partial charge in [-0.1, -0.05) is 6.92 Å². The molecule has 2 saturated heterocycles. The fourth-order valence-corrected chi connectivity index (χ4v) is 2.78. The smallest absolute Gasteiger partial charge is 0.225 e. The Morgan fingerprint density at radius 2 is 1.93 bits per heavy atom. The lowest BCUT2D eigenvalue weighted by atomic mass is 9.77. The molecule has 1 spiro atoms. The van der Waals surface area contributed by atoms with Gasteiger partial charge >= 0.3 is 0 Å². The highest BCUT2D eigenvalue weighted by Gasteiger charge is 2.46. The molecule has 0 radical (unpaired) electrons. The van der Waals surface area contributed by atoms with Crippen molar-refractivity contribution in [3.05, 3.63) is 0 Å². The minimum atomic E-state index is 0.358. The van der Waals surface area contributed by atoms with Crippen LogP contribution in [0.4, 0.5) is 0 Å². The summed E-state index contributed by atoms with van der Waals surface area (Å²) in [4.78, 5) is 14.1. The number of likely N-dealkylation sites (tertiary alicyclic amines) is 1. The molecule has 2 atom stereocenters. The Bertz CT molecular complexity index is 275. The van der Waals surface area contributed by atoms with Crippen LogP contribution in [0.2, 0.25) is 0 Å². The van der Waals surface area contributed by atoms with Gasteiger partial charge in [-0.05, 0) is 25.2 Å². The van der Waals surface area contributed by atoms with Crippen molar-refractivity contribution in [2.45, 2.75) is 26.2 Å². The highest BCUT2D eigenvalue weighted by molar-refractivity contribution is 5.81. The molecule has 15 heavy (non-hydrogen) atoms. The van der Waals surface area contributed by atoms with Crippen LogP contribution < -0.4 is 0 Å². The highest BCUT2D eigenvalue weighted by Crippen LogP contribution is 2.42. The van der Waals surface area contributed by atoms with E-state index < -0.39 is 0 Å². The number of hydrogen-bond acceptors (Lipinski definition) is 2. The zero-order valence-corrected chi connectivity index (χ0v) is 9.37. The summed E-state index contributed by atoms with van der Waals surface area (Å²) in [5.41, 5.74) is 0.450. The zero-order chi connectivity index (χ0) is 10.5. The fraction of sp³-hybridized carbons (Fsp3) is 0.917. The maximum absolute atomic E-state index is 12.0. The Hall–Kier alpha value is -0.570. The van der Waals surface area contributed by atoms with Gasteiger partial charge in [0.1, 0.15) is 0 Å². The van der Waals surface area contributed by atoms with Crippen LogP contribution in [0.1, 0.15) is 26.2 Å². The molecule has 3 fully saturated rings. The lowest BCUT2D eigenvalue weighted by Gasteiger charge is -2.47. The van der Waals surface area contributed by atoms with Crippen LogP contribution in [0.3, 0.4) is 0 Å². The van der Waals surface area contributed by atoms with Gasteiger partial charge in [0.15, 0.2) is 0 Å². The summed E-state index contributed by atoms with van der Waals surface area (Å²) in [5.74, 6) is 1.41. The summed E-state index contributed by atoms with van der Waals surface area (Å²) in [6.45, 7) is 5.95. The van der Waals surface area contributed by atoms with Crippen LogP contribution in [-0.4, -0.2) is 37.1 Å². The van der Waals surface area contributed by atoms with Crippen molar-refractivity contribution in [3.8, 4) is 0 Å². The van der Waals surface area contributed by atoms with Gasteiger partial charge in [-0.3, -0.25) is 4.79 Å². The SMILES string of the molecule is C[C@@H]1C[C@H]1C(=O)N1CCC2(CC1)COC2. The summed E-state index contributed by atoms with van der Waals surface area (Å²) in [6.07, 6.45) is 3.42. The van der Waals surface area contributed by atoms with E-state index in [-0.39, 0.29) is 0 Å². The Balaban J connectivity index is 1.55. The molecule has 2 aliphatic heterocycles. The Morgan fingerprint density at radius 3 is 2.33 bits per heavy atom. The molecule has 0 bridgehead atoms. The maximum atomic E-state index is 12.0. The Labute approximate surface area is 90.8 Å². The third-order valence-electron chi connectivity index (χ3n) is 4.38. The molecule has 1 saturated carbocycles. The molecule has 0 unspecified atom stereocenters. The number of amides is 1. The molecular weight excluding hydrogens is 190 g/mol. The summed E-state index contributed by atoms with van der Waals surface area (Å²) < 4.78 is 5.28. The predicted octanol–water partition coefficient (Wildman–Crippen LogP) is 1.28. The first-order valence-corrected chi connectivity index (χ1v) is 6.07. The topological polar surface area (TPSA) is 29.5 Å². The van der Waals surface area contributed by atoms with E-state index in [4.69, 9.17) is 4.74 Å². The van der Waals surface area contributed by atoms with Gasteiger partial charge in [0.2, 0.25) is 5.91 Å². The van der Waals surface area contributed by atoms with Crippen molar-refractivity contribution in [2.75, 3.05) is 26.3 Å². The molecule has 0 N–H and O–H groups in total. The van der Waals surface area contributed by atoms with E-state index in [2.05, 4.69) is 11.8 Å². The highest BCUT2D eigenvalue weighted by atomic mass is 16.5. The molecule has 2 heterocycles. The Morgan fingerprint density at radius 1 is 1.33 bits per heavy atom. The summed E-state index contributed by atoms with van der Waals surface area (Å²) in [6, 6.07) is 0. The van der Waals surface area contributed by atoms with Crippen molar-refractivity contribution in [2.24, 2.45) is 17.3 Å². The van der Waals surface area contributed by atoms with Crippen molar-refractivity contribution in [3.63, 3.8) is 0 Å². The normalized spacial score (nSPS) is 37.5. The van der Waals surface area contributed by atoms with Gasteiger partial charge in [-0.2, -0.15) is 0 Å². The van der Waals surface area contributed by atoms with Crippen molar-refractivity contribution >= 4 is 5.91 Å². The lowest BCUT2D eigenvalue weighted by molar-refractivity contribution is -0.154. The number of piperidine rings is 1. The second kappa shape index (κ2) is 3.21. The van der Waals surface area contributed by atoms with Crippen LogP contribution >= 0.6 is 0 Å². The third kappa shape index (κ3) is 1.57. The minimum Gasteiger partial charge on any atom is -0.380 e. The summed E-state index contributed by atoms with van der Waals surface area (Å²) >= 11 is 0. The van der Waals surface area contributed by atoms with Crippen LogP contribution in [0, 0.1) is 17.3 Å². The molecular formula is C12H19NO2. The molecule has 0 aromatic rings. The number of ether oxygens (including phenoxy) is 1. The molecule has 0 aromatic heterocycles. The molecule has 3 rings (SSSR count). The number of hydrogen-bond donors (Lipinski definition) is 0. The minimum absolute atomic E-state index is 0.358. The molecule has 1 amide bonds. The van der Waals surface area contributed by atoms with E-state index in [1.54, 1.807) is 0 Å². The first-order chi connectivity index (χ1) is 7.20. The van der Waals surface area contributed by atoms with Crippen LogP contribution in [-0.2, 0) is 9.53 Å². The molecule has 3 heteroatoms. The van der Waals surface area contributed by atoms with Gasteiger partial charge in [-0.25, -0.2) is 0 Å². The monoisotopic (exact) mass is 209 g/mol. The van der Waals surface area contributed by atoms with E-state index in [1.165, 1.54) is 0 Å². The van der Waals surface area contributed by atoms with E-state index >= 15 is 0 Å². The van der Waals surface area contributed by atoms with Crippen LogP contribution in [0.5, 0.6) is 0 Å². The van der Waals surface area contributed by atoms with E-state index in [0.717, 1.165) is 45.6 Å². The largest absolute Gasteiger partial charge is 0.380 e. The predicted molar refractivity (Wildman–Crippen MR) is 56.3 cm³/mol. The van der Waals surface area contributed by atoms with Gasteiger partial charge in [0.05, 0.1) is 13.2 Å². The van der Waals surface area contributed by atoms with E-state index in [9.17, 15) is 4.79 Å². The number of carbonyl (C=O) groups excluding carboxylic acids is 1. The van der Waals surface area contributed by atoms with Gasteiger partial charge < -0.3 is 9.64 Å². The number of rotatable bonds is 1. The average Bonchev–Trinajstić information content (AvgIpc) is 2.92. The standard InChI is InChI=1S/C12H19NO2/c1-9-6-10(9)11(14)13-4-2-12(3-5-13)7-15-8-12/h9-10H,2-8H2,1H3/t9-,10-/m1/s1. The molecule has 1 aliphatic carbocycles. The first-order valence-electron chi connectivity index (χ1n) is 6.07. The summed E-state index contributed by atoms with van der Waals surface area (Å²) in [7, 11) is 0. The van der Waals surface area contributed by atoms with Gasteiger partial charge in [0, 0.05) is 24.4 Å². The molecule has 3 nitrogen and oxygen atoms in total. The fourth-order valence-electron chi connectivity index (χ4n) is 2.78. The van der Waals surface area contributed by atoms with E-state index in [0.29, 0.717) is 23.2 Å². The van der Waals surface area contributed by atoms with Gasteiger partial charge in [-0.15, -0.1) is 0 Å². The molecule has 3 aliphatic rings. The van der Waals surface area contributed by atoms with Crippen molar-refractivity contribution in [1.29, 1.82) is 0 Å². The second-order valence-corrected chi connectivity index (χ2v) is 5.64. The second-order valence-electron chi connectivity index (χ2n) is 5.64. The van der Waals surface area contributed by atoms with E-state index in [1.807, 2.05) is 0 Å². The quantitative estimate of drug-likeness (QED) is 0.651.